The standard InChI is InChI=1S/C23H28ClN3O2/c1-17(19-7-3-2-4-8-19)25-22(28)14-9-18-6-5-15-27(16-18)23(29)26-21-12-10-20(24)11-13-21/h2-4,7-8,10-13,17-18H,5-6,9,14-16H2,1H3,(H,25,28)(H,26,29)/t17-,18-/m0/s1. The molecule has 1 heterocycles. The summed E-state index contributed by atoms with van der Waals surface area (Å²) < 4.78 is 0. The molecule has 0 spiro atoms. The first kappa shape index (κ1) is 21.2. The Labute approximate surface area is 177 Å². The van der Waals surface area contributed by atoms with E-state index in [2.05, 4.69) is 10.6 Å². The van der Waals surface area contributed by atoms with E-state index >= 15 is 0 Å². The van der Waals surface area contributed by atoms with Crippen LogP contribution in [0.4, 0.5) is 10.5 Å². The van der Waals surface area contributed by atoms with Gasteiger partial charge in [-0.15, -0.1) is 0 Å². The first-order chi connectivity index (χ1) is 14.0. The minimum Gasteiger partial charge on any atom is -0.350 e. The lowest BCUT2D eigenvalue weighted by Crippen LogP contribution is -2.42. The highest BCUT2D eigenvalue weighted by atomic mass is 35.5. The van der Waals surface area contributed by atoms with Crippen molar-refractivity contribution in [2.45, 2.75) is 38.6 Å². The van der Waals surface area contributed by atoms with Crippen LogP contribution >= 0.6 is 11.6 Å². The normalized spacial score (nSPS) is 17.4. The second-order valence-electron chi connectivity index (χ2n) is 7.63. The van der Waals surface area contributed by atoms with Crippen molar-refractivity contribution < 1.29 is 9.59 Å². The molecule has 0 radical (unpaired) electrons. The number of likely N-dealkylation sites (tertiary alicyclic amines) is 1. The van der Waals surface area contributed by atoms with Gasteiger partial charge >= 0.3 is 6.03 Å². The van der Waals surface area contributed by atoms with Gasteiger partial charge in [0.1, 0.15) is 0 Å². The fraction of sp³-hybridized carbons (Fsp3) is 0.391. The number of rotatable bonds is 6. The Hall–Kier alpha value is -2.53. The molecule has 154 valence electrons. The molecule has 0 aliphatic carbocycles. The second kappa shape index (κ2) is 10.3. The van der Waals surface area contributed by atoms with Gasteiger partial charge in [-0.1, -0.05) is 41.9 Å². The fourth-order valence-electron chi connectivity index (χ4n) is 3.69. The molecule has 1 saturated heterocycles. The van der Waals surface area contributed by atoms with Crippen molar-refractivity contribution >= 4 is 29.2 Å². The third-order valence-corrected chi connectivity index (χ3v) is 5.61. The smallest absolute Gasteiger partial charge is 0.321 e. The van der Waals surface area contributed by atoms with E-state index in [1.807, 2.05) is 42.2 Å². The minimum absolute atomic E-state index is 0.00305. The summed E-state index contributed by atoms with van der Waals surface area (Å²) in [7, 11) is 0. The summed E-state index contributed by atoms with van der Waals surface area (Å²) in [4.78, 5) is 26.7. The van der Waals surface area contributed by atoms with Crippen LogP contribution in [0.1, 0.15) is 44.2 Å². The largest absolute Gasteiger partial charge is 0.350 e. The molecule has 6 heteroatoms. The molecule has 3 amide bonds. The van der Waals surface area contributed by atoms with E-state index in [-0.39, 0.29) is 18.0 Å². The van der Waals surface area contributed by atoms with Gasteiger partial charge < -0.3 is 15.5 Å². The fourth-order valence-corrected chi connectivity index (χ4v) is 3.82. The van der Waals surface area contributed by atoms with Crippen molar-refractivity contribution in [1.82, 2.24) is 10.2 Å². The summed E-state index contributed by atoms with van der Waals surface area (Å²) in [5.74, 6) is 0.404. The molecule has 0 bridgehead atoms. The molecule has 2 atom stereocenters. The summed E-state index contributed by atoms with van der Waals surface area (Å²) in [6.45, 7) is 3.42. The molecular formula is C23H28ClN3O2. The van der Waals surface area contributed by atoms with Crippen LogP contribution in [0.25, 0.3) is 0 Å². The van der Waals surface area contributed by atoms with Gasteiger partial charge in [-0.2, -0.15) is 0 Å². The average molecular weight is 414 g/mol. The lowest BCUT2D eigenvalue weighted by molar-refractivity contribution is -0.122. The number of benzene rings is 2. The van der Waals surface area contributed by atoms with Crippen molar-refractivity contribution in [2.24, 2.45) is 5.92 Å². The molecule has 0 unspecified atom stereocenters. The maximum absolute atomic E-state index is 12.5. The van der Waals surface area contributed by atoms with Crippen molar-refractivity contribution in [3.63, 3.8) is 0 Å². The first-order valence-electron chi connectivity index (χ1n) is 10.2. The van der Waals surface area contributed by atoms with Crippen LogP contribution in [-0.2, 0) is 4.79 Å². The highest BCUT2D eigenvalue weighted by Gasteiger charge is 2.24. The molecule has 29 heavy (non-hydrogen) atoms. The third-order valence-electron chi connectivity index (χ3n) is 5.36. The summed E-state index contributed by atoms with van der Waals surface area (Å²) >= 11 is 5.89. The van der Waals surface area contributed by atoms with Crippen molar-refractivity contribution in [3.05, 3.63) is 65.2 Å². The van der Waals surface area contributed by atoms with Gasteiger partial charge in [0.2, 0.25) is 5.91 Å². The number of piperidine rings is 1. The number of hydrogen-bond acceptors (Lipinski definition) is 2. The van der Waals surface area contributed by atoms with Gasteiger partial charge in [0.15, 0.2) is 0 Å². The Morgan fingerprint density at radius 2 is 1.86 bits per heavy atom. The Morgan fingerprint density at radius 3 is 2.59 bits per heavy atom. The Morgan fingerprint density at radius 1 is 1.14 bits per heavy atom. The zero-order chi connectivity index (χ0) is 20.6. The van der Waals surface area contributed by atoms with E-state index in [9.17, 15) is 9.59 Å². The van der Waals surface area contributed by atoms with Crippen LogP contribution in [0.15, 0.2) is 54.6 Å². The van der Waals surface area contributed by atoms with Crippen LogP contribution in [0.3, 0.4) is 0 Å². The van der Waals surface area contributed by atoms with Gasteiger partial charge in [0.05, 0.1) is 6.04 Å². The lowest BCUT2D eigenvalue weighted by Gasteiger charge is -2.32. The molecular weight excluding hydrogens is 386 g/mol. The number of halogens is 1. The maximum atomic E-state index is 12.5. The number of carbonyl (C=O) groups is 2. The SMILES string of the molecule is C[C@H](NC(=O)CC[C@@H]1CCCN(C(=O)Nc2ccc(Cl)cc2)C1)c1ccccc1. The predicted molar refractivity (Wildman–Crippen MR) is 117 cm³/mol. The lowest BCUT2D eigenvalue weighted by atomic mass is 9.93. The highest BCUT2D eigenvalue weighted by Crippen LogP contribution is 2.22. The molecule has 5 nitrogen and oxygen atoms in total. The molecule has 2 aromatic rings. The number of nitrogens with zero attached hydrogens (tertiary/aromatic N) is 1. The minimum atomic E-state index is -0.0980. The molecule has 1 aliphatic heterocycles. The van der Waals surface area contributed by atoms with Crippen LogP contribution in [0, 0.1) is 5.92 Å². The number of hydrogen-bond donors (Lipinski definition) is 2. The van der Waals surface area contributed by atoms with Crippen molar-refractivity contribution in [2.75, 3.05) is 18.4 Å². The summed E-state index contributed by atoms with van der Waals surface area (Å²) in [5.41, 5.74) is 1.83. The van der Waals surface area contributed by atoms with Gasteiger partial charge in [0, 0.05) is 30.2 Å². The Bertz CT molecular complexity index is 811. The molecule has 1 aliphatic rings. The molecule has 0 saturated carbocycles. The summed E-state index contributed by atoms with van der Waals surface area (Å²) in [5, 5.41) is 6.62. The topological polar surface area (TPSA) is 61.4 Å². The van der Waals surface area contributed by atoms with Crippen LogP contribution in [0.2, 0.25) is 5.02 Å². The van der Waals surface area contributed by atoms with E-state index < -0.39 is 0 Å². The third kappa shape index (κ3) is 6.50. The number of carbonyl (C=O) groups excluding carboxylic acids is 2. The van der Waals surface area contributed by atoms with Crippen molar-refractivity contribution in [1.29, 1.82) is 0 Å². The summed E-state index contributed by atoms with van der Waals surface area (Å²) in [6, 6.07) is 16.9. The first-order valence-corrected chi connectivity index (χ1v) is 10.5. The van der Waals surface area contributed by atoms with Crippen LogP contribution in [-0.4, -0.2) is 29.9 Å². The number of amides is 3. The van der Waals surface area contributed by atoms with Gasteiger partial charge in [-0.05, 0) is 61.9 Å². The van der Waals surface area contributed by atoms with E-state index in [0.29, 0.717) is 23.9 Å². The second-order valence-corrected chi connectivity index (χ2v) is 8.07. The number of anilines is 1. The summed E-state index contributed by atoms with van der Waals surface area (Å²) in [6.07, 6.45) is 3.28. The molecule has 3 rings (SSSR count). The zero-order valence-corrected chi connectivity index (χ0v) is 17.5. The quantitative estimate of drug-likeness (QED) is 0.680. The zero-order valence-electron chi connectivity index (χ0n) is 16.7. The molecule has 1 fully saturated rings. The van der Waals surface area contributed by atoms with E-state index in [1.165, 1.54) is 0 Å². The van der Waals surface area contributed by atoms with Gasteiger partial charge in [-0.3, -0.25) is 4.79 Å². The predicted octanol–water partition coefficient (Wildman–Crippen LogP) is 5.24. The van der Waals surface area contributed by atoms with Crippen molar-refractivity contribution in [3.8, 4) is 0 Å². The van der Waals surface area contributed by atoms with E-state index in [4.69, 9.17) is 11.6 Å². The highest BCUT2D eigenvalue weighted by molar-refractivity contribution is 6.30. The molecule has 2 aromatic carbocycles. The maximum Gasteiger partial charge on any atom is 0.321 e. The molecule has 0 aromatic heterocycles. The monoisotopic (exact) mass is 413 g/mol. The Balaban J connectivity index is 1.43. The number of nitrogens with one attached hydrogen (secondary N) is 2. The number of urea groups is 1. The van der Waals surface area contributed by atoms with E-state index in [0.717, 1.165) is 37.1 Å². The van der Waals surface area contributed by atoms with Crippen LogP contribution < -0.4 is 10.6 Å². The Kier molecular flexibility index (Phi) is 7.53. The van der Waals surface area contributed by atoms with Gasteiger partial charge in [-0.25, -0.2) is 4.79 Å². The average Bonchev–Trinajstić information content (AvgIpc) is 2.74. The van der Waals surface area contributed by atoms with Gasteiger partial charge in [0.25, 0.3) is 0 Å². The van der Waals surface area contributed by atoms with Crippen LogP contribution in [0.5, 0.6) is 0 Å². The molecule has 2 N–H and O–H groups in total. The van der Waals surface area contributed by atoms with E-state index in [1.54, 1.807) is 24.3 Å².